The third-order valence-electron chi connectivity index (χ3n) is 12.5. The molecular formula is C53H50N2O13. The standard InChI is InChI=1S/C53H50N2O13/c1-29(2)43(56)26-65-50(63)39-15-13-34(20-41(39)46(59)54-6)45(58)35-14-16-40(51(64)66-27-44(57)30(3)4)42(21-35)47(60)55-38-12-8-11-37(19-38)49(62)68-53-24-32-18-33(25-53)23-52(22-32,28-53)67-48(61)36-10-7-9-31(5)17-36/h7-17,19-21,32-33H,1,3,18,22-28H2,2,4-6H3,(H,54,59)(H,55,60). The lowest BCUT2D eigenvalue weighted by Gasteiger charge is -2.60. The molecule has 0 aromatic heterocycles. The zero-order valence-corrected chi connectivity index (χ0v) is 38.1. The molecule has 4 aromatic rings. The predicted molar refractivity (Wildman–Crippen MR) is 246 cm³/mol. The summed E-state index contributed by atoms with van der Waals surface area (Å²) in [7, 11) is 1.31. The summed E-state index contributed by atoms with van der Waals surface area (Å²) < 4.78 is 22.9. The average Bonchev–Trinajstić information content (AvgIpc) is 3.30. The molecule has 4 bridgehead atoms. The topological polar surface area (TPSA) is 215 Å². The molecule has 4 saturated carbocycles. The van der Waals surface area contributed by atoms with Crippen LogP contribution < -0.4 is 10.6 Å². The lowest BCUT2D eigenvalue weighted by atomic mass is 9.52. The van der Waals surface area contributed by atoms with Crippen LogP contribution in [0.3, 0.4) is 0 Å². The number of rotatable bonds is 17. The highest BCUT2D eigenvalue weighted by atomic mass is 16.6. The van der Waals surface area contributed by atoms with E-state index in [0.717, 1.165) is 24.1 Å². The van der Waals surface area contributed by atoms with E-state index in [1.807, 2.05) is 19.1 Å². The van der Waals surface area contributed by atoms with Gasteiger partial charge in [0.2, 0.25) is 0 Å². The lowest BCUT2D eigenvalue weighted by Crippen LogP contribution is -2.61. The summed E-state index contributed by atoms with van der Waals surface area (Å²) in [5.41, 5.74) is -1.03. The molecule has 15 heteroatoms. The Hall–Kier alpha value is -7.81. The molecule has 2 unspecified atom stereocenters. The third-order valence-corrected chi connectivity index (χ3v) is 12.5. The molecule has 4 fully saturated rings. The fourth-order valence-electron chi connectivity index (χ4n) is 9.61. The van der Waals surface area contributed by atoms with Crippen molar-refractivity contribution >= 4 is 58.7 Å². The monoisotopic (exact) mass is 922 g/mol. The Morgan fingerprint density at radius 2 is 1.04 bits per heavy atom. The molecule has 0 heterocycles. The quantitative estimate of drug-likeness (QED) is 0.0454. The van der Waals surface area contributed by atoms with Crippen molar-refractivity contribution in [3.8, 4) is 0 Å². The Balaban J connectivity index is 1.12. The summed E-state index contributed by atoms with van der Waals surface area (Å²) in [4.78, 5) is 119. The Morgan fingerprint density at radius 1 is 0.574 bits per heavy atom. The van der Waals surface area contributed by atoms with E-state index >= 15 is 0 Å². The molecule has 350 valence electrons. The number of Topliss-reactive ketones (excluding diaryl/α,β-unsaturated/α-hetero) is 2. The van der Waals surface area contributed by atoms with Gasteiger partial charge in [0, 0.05) is 30.3 Å². The molecule has 2 N–H and O–H groups in total. The molecule has 0 radical (unpaired) electrons. The molecule has 0 spiro atoms. The molecule has 0 aliphatic heterocycles. The molecular weight excluding hydrogens is 873 g/mol. The van der Waals surface area contributed by atoms with Crippen LogP contribution in [0.5, 0.6) is 0 Å². The maximum atomic E-state index is 14.2. The first-order chi connectivity index (χ1) is 32.3. The maximum absolute atomic E-state index is 14.2. The number of carbonyl (C=O) groups is 9. The summed E-state index contributed by atoms with van der Waals surface area (Å²) >= 11 is 0. The highest BCUT2D eigenvalue weighted by Gasteiger charge is 2.61. The second-order valence-corrected chi connectivity index (χ2v) is 18.0. The molecule has 2 amide bonds. The predicted octanol–water partition coefficient (Wildman–Crippen LogP) is 7.55. The first-order valence-electron chi connectivity index (χ1n) is 22.0. The molecule has 8 rings (SSSR count). The zero-order valence-electron chi connectivity index (χ0n) is 38.1. The van der Waals surface area contributed by atoms with Crippen molar-refractivity contribution in [2.75, 3.05) is 25.6 Å². The van der Waals surface area contributed by atoms with E-state index < -0.39 is 77.5 Å². The van der Waals surface area contributed by atoms with E-state index in [2.05, 4.69) is 23.8 Å². The van der Waals surface area contributed by atoms with E-state index in [1.54, 1.807) is 12.1 Å². The molecule has 4 aromatic carbocycles. The fraction of sp³-hybridized carbons (Fsp3) is 0.302. The SMILES string of the molecule is C=C(C)C(=O)COC(=O)c1ccc(C(=O)c2ccc(C(=O)OCC(=O)C(=C)C)c(C(=O)Nc3cccc(C(=O)OC45CC6CC(CC(OC(=O)c7cccc(C)c7)(C6)C4)C5)c3)c2)cc1C(=O)NC. The lowest BCUT2D eigenvalue weighted by molar-refractivity contribution is -0.200. The molecule has 15 nitrogen and oxygen atoms in total. The van der Waals surface area contributed by atoms with Crippen molar-refractivity contribution in [3.63, 3.8) is 0 Å². The number of carbonyl (C=O) groups excluding carboxylic acids is 9. The smallest absolute Gasteiger partial charge is 0.339 e. The van der Waals surface area contributed by atoms with Gasteiger partial charge < -0.3 is 29.6 Å². The molecule has 4 aliphatic rings. The largest absolute Gasteiger partial charge is 0.455 e. The number of hydrogen-bond donors (Lipinski definition) is 2. The zero-order chi connectivity index (χ0) is 49.1. The number of aryl methyl sites for hydroxylation is 1. The summed E-state index contributed by atoms with van der Waals surface area (Å²) in [5, 5.41) is 5.08. The number of nitrogens with one attached hydrogen (secondary N) is 2. The van der Waals surface area contributed by atoms with Gasteiger partial charge in [-0.1, -0.05) is 49.1 Å². The molecule has 0 saturated heterocycles. The Kier molecular flexibility index (Phi) is 13.9. The van der Waals surface area contributed by atoms with Crippen molar-refractivity contribution < 1.29 is 62.1 Å². The minimum Gasteiger partial charge on any atom is -0.455 e. The normalized spacial score (nSPS) is 19.7. The maximum Gasteiger partial charge on any atom is 0.339 e. The highest BCUT2D eigenvalue weighted by molar-refractivity contribution is 6.16. The van der Waals surface area contributed by atoms with Gasteiger partial charge in [0.15, 0.2) is 30.6 Å². The number of hydrogen-bond acceptors (Lipinski definition) is 13. The van der Waals surface area contributed by atoms with Crippen LogP contribution in [0.1, 0.15) is 136 Å². The van der Waals surface area contributed by atoms with Crippen LogP contribution in [-0.2, 0) is 28.5 Å². The van der Waals surface area contributed by atoms with E-state index in [4.69, 9.17) is 18.9 Å². The summed E-state index contributed by atoms with van der Waals surface area (Å²) in [6, 6.07) is 20.3. The summed E-state index contributed by atoms with van der Waals surface area (Å²) in [6.45, 7) is 10.6. The van der Waals surface area contributed by atoms with Gasteiger partial charge in [-0.2, -0.15) is 0 Å². The van der Waals surface area contributed by atoms with Gasteiger partial charge in [0.1, 0.15) is 11.2 Å². The van der Waals surface area contributed by atoms with Crippen LogP contribution in [0, 0.1) is 18.8 Å². The van der Waals surface area contributed by atoms with Gasteiger partial charge in [-0.15, -0.1) is 0 Å². The Labute approximate surface area is 392 Å². The first kappa shape index (κ1) is 48.1. The molecule has 2 atom stereocenters. The van der Waals surface area contributed by atoms with Gasteiger partial charge in [-0.25, -0.2) is 19.2 Å². The van der Waals surface area contributed by atoms with Crippen LogP contribution in [0.4, 0.5) is 5.69 Å². The van der Waals surface area contributed by atoms with Crippen LogP contribution in [0.15, 0.2) is 109 Å². The van der Waals surface area contributed by atoms with Crippen LogP contribution in [-0.4, -0.2) is 84.5 Å². The van der Waals surface area contributed by atoms with E-state index in [9.17, 15) is 43.2 Å². The molecule has 68 heavy (non-hydrogen) atoms. The Morgan fingerprint density at radius 3 is 1.51 bits per heavy atom. The summed E-state index contributed by atoms with van der Waals surface area (Å²) in [5.74, 6) is -6.16. The van der Waals surface area contributed by atoms with Gasteiger partial charge in [-0.05, 0) is 130 Å². The van der Waals surface area contributed by atoms with Crippen molar-refractivity contribution in [3.05, 3.63) is 159 Å². The van der Waals surface area contributed by atoms with E-state index in [0.29, 0.717) is 37.7 Å². The van der Waals surface area contributed by atoms with Gasteiger partial charge in [0.25, 0.3) is 11.8 Å². The molecule has 4 aliphatic carbocycles. The number of esters is 4. The Bertz CT molecular complexity index is 2820. The van der Waals surface area contributed by atoms with E-state index in [1.165, 1.54) is 69.4 Å². The van der Waals surface area contributed by atoms with Gasteiger partial charge in [0.05, 0.1) is 33.4 Å². The second kappa shape index (κ2) is 19.6. The van der Waals surface area contributed by atoms with E-state index in [-0.39, 0.29) is 67.6 Å². The number of ether oxygens (including phenoxy) is 4. The number of anilines is 1. The number of ketones is 3. The van der Waals surface area contributed by atoms with Crippen LogP contribution in [0.2, 0.25) is 0 Å². The summed E-state index contributed by atoms with van der Waals surface area (Å²) in [6.07, 6.45) is 3.95. The third kappa shape index (κ3) is 10.6. The second-order valence-electron chi connectivity index (χ2n) is 18.0. The van der Waals surface area contributed by atoms with Crippen molar-refractivity contribution in [2.45, 2.75) is 70.5 Å². The minimum atomic E-state index is -1.06. The van der Waals surface area contributed by atoms with Crippen LogP contribution in [0.25, 0.3) is 0 Å². The van der Waals surface area contributed by atoms with Crippen molar-refractivity contribution in [1.29, 1.82) is 0 Å². The minimum absolute atomic E-state index is 0.0903. The van der Waals surface area contributed by atoms with Crippen molar-refractivity contribution in [2.24, 2.45) is 11.8 Å². The van der Waals surface area contributed by atoms with Crippen molar-refractivity contribution in [1.82, 2.24) is 5.32 Å². The number of amides is 2. The number of benzene rings is 4. The van der Waals surface area contributed by atoms with Gasteiger partial charge in [-0.3, -0.25) is 24.0 Å². The highest BCUT2D eigenvalue weighted by Crippen LogP contribution is 2.60. The first-order valence-corrected chi connectivity index (χ1v) is 22.0. The fourth-order valence-corrected chi connectivity index (χ4v) is 9.61. The van der Waals surface area contributed by atoms with Gasteiger partial charge >= 0.3 is 23.9 Å². The van der Waals surface area contributed by atoms with Crippen LogP contribution >= 0.6 is 0 Å². The average molecular weight is 923 g/mol.